The fourth-order valence-electron chi connectivity index (χ4n) is 2.53. The monoisotopic (exact) mass is 422 g/mol. The number of hydrogen-bond acceptors (Lipinski definition) is 5. The number of alkyl halides is 2. The molecule has 0 atom stereocenters. The van der Waals surface area contributed by atoms with Crippen molar-refractivity contribution in [3.8, 4) is 28.8 Å². The molecule has 2 aromatic heterocycles. The van der Waals surface area contributed by atoms with E-state index in [4.69, 9.17) is 27.9 Å². The Morgan fingerprint density at radius 2 is 1.64 bits per heavy atom. The van der Waals surface area contributed by atoms with Gasteiger partial charge in [-0.05, 0) is 36.4 Å². The topological polar surface area (TPSA) is 61.5 Å². The first-order valence-electron chi connectivity index (χ1n) is 7.88. The lowest BCUT2D eigenvalue weighted by atomic mass is 10.2. The van der Waals surface area contributed by atoms with Gasteiger partial charge in [-0.2, -0.15) is 8.78 Å². The van der Waals surface area contributed by atoms with Crippen LogP contribution in [0.4, 0.5) is 8.78 Å². The third-order valence-electron chi connectivity index (χ3n) is 3.73. The highest BCUT2D eigenvalue weighted by atomic mass is 35.5. The molecular formula is C18H10Cl2F2N4O2. The molecule has 0 aliphatic carbocycles. The summed E-state index contributed by atoms with van der Waals surface area (Å²) in [7, 11) is 0. The quantitative estimate of drug-likeness (QED) is 0.425. The number of benzene rings is 2. The standard InChI is InChI=1S/C18H10Cl2F2N4O2/c19-13-6-5-12(7-14(13)20)27-16-9-23-8-15-24-25-17(26(15)16)10-1-3-11(4-2-10)28-18(21)22/h1-9,18H. The van der Waals surface area contributed by atoms with Crippen LogP contribution in [0.1, 0.15) is 0 Å². The van der Waals surface area contributed by atoms with Gasteiger partial charge in [0.25, 0.3) is 0 Å². The van der Waals surface area contributed by atoms with Gasteiger partial charge in [0.15, 0.2) is 11.5 Å². The molecule has 0 saturated heterocycles. The van der Waals surface area contributed by atoms with Crippen molar-refractivity contribution >= 4 is 28.8 Å². The van der Waals surface area contributed by atoms with Crippen molar-refractivity contribution < 1.29 is 18.3 Å². The van der Waals surface area contributed by atoms with Crippen LogP contribution in [0.3, 0.4) is 0 Å². The molecule has 0 aliphatic heterocycles. The van der Waals surface area contributed by atoms with Crippen LogP contribution < -0.4 is 9.47 Å². The van der Waals surface area contributed by atoms with Crippen molar-refractivity contribution in [1.82, 2.24) is 19.6 Å². The van der Waals surface area contributed by atoms with E-state index in [0.29, 0.717) is 38.7 Å². The molecule has 0 bridgehead atoms. The Labute approximate surface area is 167 Å². The molecule has 0 spiro atoms. The number of fused-ring (bicyclic) bond motifs is 1. The summed E-state index contributed by atoms with van der Waals surface area (Å²) in [4.78, 5) is 4.09. The lowest BCUT2D eigenvalue weighted by Gasteiger charge is -2.10. The smallest absolute Gasteiger partial charge is 0.387 e. The molecule has 0 amide bonds. The molecular weight excluding hydrogens is 413 g/mol. The van der Waals surface area contributed by atoms with E-state index in [2.05, 4.69) is 19.9 Å². The third kappa shape index (κ3) is 3.69. The van der Waals surface area contributed by atoms with Gasteiger partial charge in [0, 0.05) is 11.6 Å². The first-order valence-corrected chi connectivity index (χ1v) is 8.64. The van der Waals surface area contributed by atoms with Crippen molar-refractivity contribution in [3.63, 3.8) is 0 Å². The van der Waals surface area contributed by atoms with Gasteiger partial charge < -0.3 is 9.47 Å². The Morgan fingerprint density at radius 3 is 2.36 bits per heavy atom. The zero-order chi connectivity index (χ0) is 19.7. The normalized spacial score (nSPS) is 11.2. The molecule has 4 rings (SSSR count). The van der Waals surface area contributed by atoms with Gasteiger partial charge in [0.2, 0.25) is 5.88 Å². The van der Waals surface area contributed by atoms with Crippen LogP contribution in [0, 0.1) is 0 Å². The summed E-state index contributed by atoms with van der Waals surface area (Å²) < 4.78 is 36.5. The van der Waals surface area contributed by atoms with E-state index in [-0.39, 0.29) is 5.75 Å². The molecule has 10 heteroatoms. The number of ether oxygens (including phenoxy) is 2. The van der Waals surface area contributed by atoms with Gasteiger partial charge in [0.1, 0.15) is 11.5 Å². The highest BCUT2D eigenvalue weighted by Gasteiger charge is 2.14. The summed E-state index contributed by atoms with van der Waals surface area (Å²) in [5.41, 5.74) is 1.07. The van der Waals surface area contributed by atoms with Crippen molar-refractivity contribution in [2.24, 2.45) is 0 Å². The average molecular weight is 423 g/mol. The second-order valence-electron chi connectivity index (χ2n) is 5.54. The highest BCUT2D eigenvalue weighted by molar-refractivity contribution is 6.42. The molecule has 142 valence electrons. The zero-order valence-corrected chi connectivity index (χ0v) is 15.4. The minimum Gasteiger partial charge on any atom is -0.439 e. The second kappa shape index (κ2) is 7.57. The van der Waals surface area contributed by atoms with E-state index in [1.165, 1.54) is 24.5 Å². The van der Waals surface area contributed by atoms with E-state index >= 15 is 0 Å². The molecule has 2 aromatic carbocycles. The van der Waals surface area contributed by atoms with Crippen LogP contribution in [0.2, 0.25) is 10.0 Å². The first-order chi connectivity index (χ1) is 13.5. The van der Waals surface area contributed by atoms with Crippen LogP contribution >= 0.6 is 23.2 Å². The predicted octanol–water partition coefficient (Wildman–Crippen LogP) is 5.49. The van der Waals surface area contributed by atoms with Crippen molar-refractivity contribution in [1.29, 1.82) is 0 Å². The molecule has 0 aliphatic rings. The highest BCUT2D eigenvalue weighted by Crippen LogP contribution is 2.31. The summed E-state index contributed by atoms with van der Waals surface area (Å²) in [5, 5.41) is 8.97. The summed E-state index contributed by atoms with van der Waals surface area (Å²) in [6.07, 6.45) is 3.02. The molecule has 0 saturated carbocycles. The Balaban J connectivity index is 1.73. The Kier molecular flexibility index (Phi) is 4.97. The van der Waals surface area contributed by atoms with Crippen molar-refractivity contribution in [2.75, 3.05) is 0 Å². The summed E-state index contributed by atoms with van der Waals surface area (Å²) in [5.74, 6) is 1.27. The first kappa shape index (κ1) is 18.4. The maximum Gasteiger partial charge on any atom is 0.387 e. The maximum atomic E-state index is 12.3. The third-order valence-corrected chi connectivity index (χ3v) is 4.47. The van der Waals surface area contributed by atoms with Crippen LogP contribution in [0.25, 0.3) is 17.0 Å². The van der Waals surface area contributed by atoms with Crippen LogP contribution in [-0.4, -0.2) is 26.2 Å². The van der Waals surface area contributed by atoms with Crippen LogP contribution in [-0.2, 0) is 0 Å². The lowest BCUT2D eigenvalue weighted by Crippen LogP contribution is -2.01. The van der Waals surface area contributed by atoms with E-state index in [9.17, 15) is 8.78 Å². The predicted molar refractivity (Wildman–Crippen MR) is 99.4 cm³/mol. The number of aromatic nitrogens is 4. The van der Waals surface area contributed by atoms with E-state index in [1.54, 1.807) is 34.7 Å². The van der Waals surface area contributed by atoms with Gasteiger partial charge in [0.05, 0.1) is 22.4 Å². The number of rotatable bonds is 5. The molecule has 0 fully saturated rings. The number of nitrogens with zero attached hydrogens (tertiary/aromatic N) is 4. The van der Waals surface area contributed by atoms with Gasteiger partial charge in [-0.25, -0.2) is 4.40 Å². The molecule has 28 heavy (non-hydrogen) atoms. The summed E-state index contributed by atoms with van der Waals surface area (Å²) in [6.45, 7) is -2.89. The van der Waals surface area contributed by atoms with Crippen LogP contribution in [0.15, 0.2) is 54.9 Å². The van der Waals surface area contributed by atoms with E-state index < -0.39 is 6.61 Å². The van der Waals surface area contributed by atoms with Gasteiger partial charge in [-0.15, -0.1) is 10.2 Å². The largest absolute Gasteiger partial charge is 0.439 e. The molecule has 4 aromatic rings. The summed E-state index contributed by atoms with van der Waals surface area (Å²) in [6, 6.07) is 10.9. The molecule has 0 radical (unpaired) electrons. The van der Waals surface area contributed by atoms with Gasteiger partial charge >= 0.3 is 6.61 Å². The summed E-state index contributed by atoms with van der Waals surface area (Å²) >= 11 is 12.0. The van der Waals surface area contributed by atoms with E-state index in [0.717, 1.165) is 0 Å². The van der Waals surface area contributed by atoms with Crippen LogP contribution in [0.5, 0.6) is 17.4 Å². The maximum absolute atomic E-state index is 12.3. The van der Waals surface area contributed by atoms with Crippen molar-refractivity contribution in [3.05, 3.63) is 64.9 Å². The number of halogens is 4. The zero-order valence-electron chi connectivity index (χ0n) is 13.9. The fourth-order valence-corrected chi connectivity index (χ4v) is 2.82. The fraction of sp³-hybridized carbons (Fsp3) is 0.0556. The molecule has 0 N–H and O–H groups in total. The average Bonchev–Trinajstić information content (AvgIpc) is 3.10. The van der Waals surface area contributed by atoms with Gasteiger partial charge in [-0.3, -0.25) is 4.98 Å². The Morgan fingerprint density at radius 1 is 0.893 bits per heavy atom. The minimum atomic E-state index is -2.89. The Bertz CT molecular complexity index is 1140. The minimum absolute atomic E-state index is 0.0431. The van der Waals surface area contributed by atoms with E-state index in [1.807, 2.05) is 0 Å². The van der Waals surface area contributed by atoms with Crippen molar-refractivity contribution in [2.45, 2.75) is 6.61 Å². The molecule has 0 unspecified atom stereocenters. The number of hydrogen-bond donors (Lipinski definition) is 0. The molecule has 2 heterocycles. The second-order valence-corrected chi connectivity index (χ2v) is 6.36. The SMILES string of the molecule is FC(F)Oc1ccc(-c2nnc3cncc(Oc4ccc(Cl)c(Cl)c4)n23)cc1. The molecule has 6 nitrogen and oxygen atoms in total. The lowest BCUT2D eigenvalue weighted by molar-refractivity contribution is -0.0498. The van der Waals surface area contributed by atoms with Gasteiger partial charge in [-0.1, -0.05) is 23.2 Å². The Hall–Kier alpha value is -2.97.